The van der Waals surface area contributed by atoms with Crippen LogP contribution in [0, 0.1) is 12.8 Å². The molecule has 1 N–H and O–H groups in total. The first-order chi connectivity index (χ1) is 7.09. The molecule has 0 radical (unpaired) electrons. The van der Waals surface area contributed by atoms with E-state index in [1.54, 1.807) is 6.07 Å². The van der Waals surface area contributed by atoms with E-state index in [0.717, 1.165) is 11.7 Å². The second kappa shape index (κ2) is 6.06. The molecule has 0 bridgehead atoms. The van der Waals surface area contributed by atoms with E-state index >= 15 is 0 Å². The number of hydrogen-bond donors (Lipinski definition) is 1. The van der Waals surface area contributed by atoms with E-state index in [1.807, 2.05) is 23.9 Å². The molecular formula is C13H20OS. The van der Waals surface area contributed by atoms with Crippen LogP contribution in [0.5, 0.6) is 5.75 Å². The summed E-state index contributed by atoms with van der Waals surface area (Å²) in [5.41, 5.74) is 2.52. The minimum Gasteiger partial charge on any atom is -0.508 e. The van der Waals surface area contributed by atoms with Crippen LogP contribution in [0.25, 0.3) is 0 Å². The smallest absolute Gasteiger partial charge is 0.115 e. The number of aromatic hydroxyl groups is 1. The Morgan fingerprint density at radius 3 is 2.67 bits per heavy atom. The lowest BCUT2D eigenvalue weighted by Crippen LogP contribution is -1.91. The Hall–Kier alpha value is -0.630. The summed E-state index contributed by atoms with van der Waals surface area (Å²) in [5.74, 6) is 3.43. The van der Waals surface area contributed by atoms with Gasteiger partial charge >= 0.3 is 0 Å². The van der Waals surface area contributed by atoms with Crippen molar-refractivity contribution in [2.24, 2.45) is 5.92 Å². The van der Waals surface area contributed by atoms with Crippen LogP contribution in [-0.4, -0.2) is 10.9 Å². The van der Waals surface area contributed by atoms with E-state index in [0.29, 0.717) is 5.75 Å². The Labute approximate surface area is 96.9 Å². The standard InChI is InChI=1S/C13H20OS/c1-10(2)6-7-15-9-12-4-5-13(14)8-11(12)3/h4-5,8,10,14H,6-7,9H2,1-3H3. The maximum absolute atomic E-state index is 9.28. The fraction of sp³-hybridized carbons (Fsp3) is 0.538. The summed E-state index contributed by atoms with van der Waals surface area (Å²) in [4.78, 5) is 0. The molecule has 0 spiro atoms. The molecule has 0 atom stereocenters. The molecule has 1 rings (SSSR count). The highest BCUT2D eigenvalue weighted by Gasteiger charge is 2.00. The largest absolute Gasteiger partial charge is 0.508 e. The topological polar surface area (TPSA) is 20.2 Å². The molecule has 0 saturated carbocycles. The minimum absolute atomic E-state index is 0.364. The van der Waals surface area contributed by atoms with Crippen LogP contribution in [-0.2, 0) is 5.75 Å². The number of thioether (sulfide) groups is 1. The van der Waals surface area contributed by atoms with Crippen LogP contribution in [0.15, 0.2) is 18.2 Å². The molecule has 0 fully saturated rings. The molecule has 0 aliphatic rings. The van der Waals surface area contributed by atoms with Crippen molar-refractivity contribution in [3.63, 3.8) is 0 Å². The first kappa shape index (κ1) is 12.4. The molecule has 0 aliphatic heterocycles. The average molecular weight is 224 g/mol. The summed E-state index contributed by atoms with van der Waals surface area (Å²) >= 11 is 1.97. The first-order valence-electron chi connectivity index (χ1n) is 5.46. The van der Waals surface area contributed by atoms with Crippen molar-refractivity contribution in [2.75, 3.05) is 5.75 Å². The summed E-state index contributed by atoms with van der Waals surface area (Å²) in [7, 11) is 0. The second-order valence-corrected chi connectivity index (χ2v) is 5.45. The van der Waals surface area contributed by atoms with Gasteiger partial charge in [0.15, 0.2) is 0 Å². The van der Waals surface area contributed by atoms with Gasteiger partial charge in [-0.2, -0.15) is 11.8 Å². The summed E-state index contributed by atoms with van der Waals surface area (Å²) in [5, 5.41) is 9.28. The van der Waals surface area contributed by atoms with E-state index in [9.17, 15) is 5.11 Å². The highest BCUT2D eigenvalue weighted by molar-refractivity contribution is 7.98. The molecule has 1 aromatic carbocycles. The fourth-order valence-corrected chi connectivity index (χ4v) is 2.67. The number of rotatable bonds is 5. The zero-order chi connectivity index (χ0) is 11.3. The molecule has 15 heavy (non-hydrogen) atoms. The number of aryl methyl sites for hydroxylation is 1. The third kappa shape index (κ3) is 4.61. The molecule has 0 heterocycles. The Kier molecular flexibility index (Phi) is 5.03. The molecule has 0 aromatic heterocycles. The summed E-state index contributed by atoms with van der Waals surface area (Å²) in [6, 6.07) is 5.62. The molecular weight excluding hydrogens is 204 g/mol. The van der Waals surface area contributed by atoms with Gasteiger partial charge in [0.05, 0.1) is 0 Å². The van der Waals surface area contributed by atoms with Crippen molar-refractivity contribution in [1.29, 1.82) is 0 Å². The average Bonchev–Trinajstić information content (AvgIpc) is 2.14. The SMILES string of the molecule is Cc1cc(O)ccc1CSCCC(C)C. The normalized spacial score (nSPS) is 10.9. The zero-order valence-electron chi connectivity index (χ0n) is 9.79. The monoisotopic (exact) mass is 224 g/mol. The van der Waals surface area contributed by atoms with Gasteiger partial charge < -0.3 is 5.11 Å². The molecule has 0 saturated heterocycles. The number of phenolic OH excluding ortho intramolecular Hbond substituents is 1. The van der Waals surface area contributed by atoms with Gasteiger partial charge in [-0.3, -0.25) is 0 Å². The third-order valence-electron chi connectivity index (χ3n) is 2.42. The molecule has 0 unspecified atom stereocenters. The van der Waals surface area contributed by atoms with Crippen LogP contribution >= 0.6 is 11.8 Å². The van der Waals surface area contributed by atoms with Crippen LogP contribution in [0.3, 0.4) is 0 Å². The lowest BCUT2D eigenvalue weighted by atomic mass is 10.1. The second-order valence-electron chi connectivity index (χ2n) is 4.35. The minimum atomic E-state index is 0.364. The van der Waals surface area contributed by atoms with Crippen molar-refractivity contribution in [3.05, 3.63) is 29.3 Å². The fourth-order valence-electron chi connectivity index (χ4n) is 1.34. The lowest BCUT2D eigenvalue weighted by molar-refractivity contribution is 0.474. The predicted molar refractivity (Wildman–Crippen MR) is 68.5 cm³/mol. The van der Waals surface area contributed by atoms with Crippen molar-refractivity contribution < 1.29 is 5.11 Å². The Bertz CT molecular complexity index is 307. The molecule has 1 nitrogen and oxygen atoms in total. The van der Waals surface area contributed by atoms with Crippen molar-refractivity contribution >= 4 is 11.8 Å². The van der Waals surface area contributed by atoms with Crippen molar-refractivity contribution in [2.45, 2.75) is 32.9 Å². The molecule has 2 heteroatoms. The Morgan fingerprint density at radius 1 is 1.33 bits per heavy atom. The summed E-state index contributed by atoms with van der Waals surface area (Å²) in [6.45, 7) is 6.57. The predicted octanol–water partition coefficient (Wildman–Crippen LogP) is 3.98. The molecule has 0 amide bonds. The van der Waals surface area contributed by atoms with Gasteiger partial charge in [0, 0.05) is 5.75 Å². The van der Waals surface area contributed by atoms with Gasteiger partial charge in [0.1, 0.15) is 5.75 Å². The van der Waals surface area contributed by atoms with Crippen LogP contribution in [0.4, 0.5) is 0 Å². The lowest BCUT2D eigenvalue weighted by Gasteiger charge is -2.07. The number of hydrogen-bond acceptors (Lipinski definition) is 2. The molecule has 84 valence electrons. The van der Waals surface area contributed by atoms with E-state index in [-0.39, 0.29) is 0 Å². The van der Waals surface area contributed by atoms with E-state index < -0.39 is 0 Å². The molecule has 1 aromatic rings. The van der Waals surface area contributed by atoms with E-state index in [2.05, 4.69) is 20.8 Å². The van der Waals surface area contributed by atoms with Crippen molar-refractivity contribution in [3.8, 4) is 5.75 Å². The van der Waals surface area contributed by atoms with Gasteiger partial charge in [0.2, 0.25) is 0 Å². The van der Waals surface area contributed by atoms with Crippen LogP contribution in [0.2, 0.25) is 0 Å². The summed E-state index contributed by atoms with van der Waals surface area (Å²) < 4.78 is 0. The third-order valence-corrected chi connectivity index (χ3v) is 3.46. The number of benzene rings is 1. The Morgan fingerprint density at radius 2 is 2.07 bits per heavy atom. The molecule has 0 aliphatic carbocycles. The summed E-state index contributed by atoms with van der Waals surface area (Å²) in [6.07, 6.45) is 1.28. The maximum atomic E-state index is 9.28. The van der Waals surface area contributed by atoms with Crippen molar-refractivity contribution in [1.82, 2.24) is 0 Å². The first-order valence-corrected chi connectivity index (χ1v) is 6.61. The van der Waals surface area contributed by atoms with Gasteiger partial charge in [-0.25, -0.2) is 0 Å². The van der Waals surface area contributed by atoms with E-state index in [1.165, 1.54) is 23.3 Å². The highest BCUT2D eigenvalue weighted by Crippen LogP contribution is 2.21. The van der Waals surface area contributed by atoms with Gasteiger partial charge in [-0.1, -0.05) is 19.9 Å². The van der Waals surface area contributed by atoms with E-state index in [4.69, 9.17) is 0 Å². The van der Waals surface area contributed by atoms with Crippen LogP contribution < -0.4 is 0 Å². The number of phenols is 1. The van der Waals surface area contributed by atoms with Gasteiger partial charge in [0.25, 0.3) is 0 Å². The quantitative estimate of drug-likeness (QED) is 0.763. The van der Waals surface area contributed by atoms with Gasteiger partial charge in [-0.05, 0) is 48.3 Å². The Balaban J connectivity index is 2.37. The zero-order valence-corrected chi connectivity index (χ0v) is 10.6. The highest BCUT2D eigenvalue weighted by atomic mass is 32.2. The van der Waals surface area contributed by atoms with Crippen LogP contribution in [0.1, 0.15) is 31.4 Å². The van der Waals surface area contributed by atoms with Gasteiger partial charge in [-0.15, -0.1) is 0 Å². The maximum Gasteiger partial charge on any atom is 0.115 e.